The van der Waals surface area contributed by atoms with Crippen molar-refractivity contribution < 1.29 is 0 Å². The summed E-state index contributed by atoms with van der Waals surface area (Å²) in [6.07, 6.45) is 0. The van der Waals surface area contributed by atoms with Gasteiger partial charge in [-0.05, 0) is 12.1 Å². The fourth-order valence-corrected chi connectivity index (χ4v) is 1.67. The predicted molar refractivity (Wildman–Crippen MR) is 61.4 cm³/mol. The van der Waals surface area contributed by atoms with Crippen LogP contribution in [0.2, 0.25) is 0 Å². The van der Waals surface area contributed by atoms with Crippen LogP contribution in [-0.4, -0.2) is 28.7 Å². The summed E-state index contributed by atoms with van der Waals surface area (Å²) in [4.78, 5) is 2.07. The number of nitrogens with zero attached hydrogens (tertiary/aromatic N) is 4. The molecule has 2 aromatic rings. The lowest BCUT2D eigenvalue weighted by Crippen LogP contribution is -2.14. The van der Waals surface area contributed by atoms with Crippen LogP contribution < -0.4 is 4.90 Å². The number of rotatable bonds is 2. The van der Waals surface area contributed by atoms with Gasteiger partial charge in [0.05, 0.1) is 0 Å². The van der Waals surface area contributed by atoms with Gasteiger partial charge in [-0.3, -0.25) is 4.40 Å². The second kappa shape index (κ2) is 3.53. The van der Waals surface area contributed by atoms with Crippen LogP contribution in [0, 0.1) is 0 Å². The largest absolute Gasteiger partial charge is 0.364 e. The molecule has 0 unspecified atom stereocenters. The first-order chi connectivity index (χ1) is 7.11. The van der Waals surface area contributed by atoms with Gasteiger partial charge in [-0.1, -0.05) is 19.9 Å². The van der Waals surface area contributed by atoms with E-state index in [2.05, 4.69) is 39.4 Å². The number of hydrogen-bond acceptors (Lipinski definition) is 3. The van der Waals surface area contributed by atoms with E-state index in [-0.39, 0.29) is 0 Å². The van der Waals surface area contributed by atoms with Crippen molar-refractivity contribution in [3.8, 4) is 0 Å². The fourth-order valence-electron chi connectivity index (χ4n) is 1.67. The molecule has 80 valence electrons. The van der Waals surface area contributed by atoms with E-state index < -0.39 is 0 Å². The molecule has 0 fully saturated rings. The highest BCUT2D eigenvalue weighted by atomic mass is 15.3. The minimum Gasteiger partial charge on any atom is -0.364 e. The molecule has 0 N–H and O–H groups in total. The molecule has 0 aliphatic rings. The molecule has 0 aliphatic carbocycles. The predicted octanol–water partition coefficient (Wildman–Crippen LogP) is 1.92. The van der Waals surface area contributed by atoms with E-state index in [1.54, 1.807) is 0 Å². The standard InChI is InChI=1S/C11H16N4/c1-8(2)11-13-12-9-6-5-7-10(14(3)4)15(9)11/h5-8H,1-4H3. The molecular formula is C11H16N4. The third kappa shape index (κ3) is 1.56. The third-order valence-corrected chi connectivity index (χ3v) is 2.41. The van der Waals surface area contributed by atoms with Crippen LogP contribution in [0.15, 0.2) is 18.2 Å². The highest BCUT2D eigenvalue weighted by molar-refractivity contribution is 5.51. The molecule has 4 nitrogen and oxygen atoms in total. The van der Waals surface area contributed by atoms with Crippen molar-refractivity contribution >= 4 is 11.5 Å². The molecule has 0 aliphatic heterocycles. The lowest BCUT2D eigenvalue weighted by atomic mass is 10.2. The summed E-state index contributed by atoms with van der Waals surface area (Å²) >= 11 is 0. The summed E-state index contributed by atoms with van der Waals surface area (Å²) in [5.74, 6) is 2.50. The molecule has 0 spiro atoms. The molecule has 15 heavy (non-hydrogen) atoms. The Balaban J connectivity index is 2.75. The summed E-state index contributed by atoms with van der Waals surface area (Å²) < 4.78 is 2.10. The molecule has 0 radical (unpaired) electrons. The van der Waals surface area contributed by atoms with Crippen LogP contribution in [0.4, 0.5) is 5.82 Å². The number of aromatic nitrogens is 3. The molecular weight excluding hydrogens is 188 g/mol. The van der Waals surface area contributed by atoms with Crippen molar-refractivity contribution in [2.24, 2.45) is 0 Å². The van der Waals surface area contributed by atoms with Crippen LogP contribution in [-0.2, 0) is 0 Å². The lowest BCUT2D eigenvalue weighted by Gasteiger charge is -2.16. The highest BCUT2D eigenvalue weighted by Crippen LogP contribution is 2.20. The normalized spacial score (nSPS) is 11.3. The molecule has 0 saturated heterocycles. The van der Waals surface area contributed by atoms with Crippen LogP contribution >= 0.6 is 0 Å². The van der Waals surface area contributed by atoms with E-state index in [9.17, 15) is 0 Å². The Morgan fingerprint density at radius 1 is 1.20 bits per heavy atom. The summed E-state index contributed by atoms with van der Waals surface area (Å²) in [6, 6.07) is 6.05. The molecule has 0 aromatic carbocycles. The minimum absolute atomic E-state index is 0.376. The van der Waals surface area contributed by atoms with E-state index in [4.69, 9.17) is 0 Å². The van der Waals surface area contributed by atoms with E-state index in [1.165, 1.54) is 0 Å². The summed E-state index contributed by atoms with van der Waals surface area (Å²) in [6.45, 7) is 4.26. The highest BCUT2D eigenvalue weighted by Gasteiger charge is 2.12. The van der Waals surface area contributed by atoms with Crippen LogP contribution in [0.1, 0.15) is 25.6 Å². The average molecular weight is 204 g/mol. The topological polar surface area (TPSA) is 33.4 Å². The molecule has 0 bridgehead atoms. The monoisotopic (exact) mass is 204 g/mol. The second-order valence-electron chi connectivity index (χ2n) is 4.18. The Hall–Kier alpha value is -1.58. The van der Waals surface area contributed by atoms with Crippen molar-refractivity contribution in [3.63, 3.8) is 0 Å². The van der Waals surface area contributed by atoms with Gasteiger partial charge in [0.25, 0.3) is 0 Å². The SMILES string of the molecule is CC(C)c1nnc2cccc(N(C)C)n12. The molecule has 0 saturated carbocycles. The zero-order valence-corrected chi connectivity index (χ0v) is 9.60. The van der Waals surface area contributed by atoms with Gasteiger partial charge in [-0.25, -0.2) is 0 Å². The molecule has 4 heteroatoms. The van der Waals surface area contributed by atoms with Crippen LogP contribution in [0.3, 0.4) is 0 Å². The Morgan fingerprint density at radius 3 is 2.53 bits per heavy atom. The van der Waals surface area contributed by atoms with Gasteiger partial charge in [0.2, 0.25) is 0 Å². The van der Waals surface area contributed by atoms with Gasteiger partial charge in [-0.15, -0.1) is 10.2 Å². The van der Waals surface area contributed by atoms with Gasteiger partial charge in [-0.2, -0.15) is 0 Å². The molecule has 2 rings (SSSR count). The maximum atomic E-state index is 4.22. The van der Waals surface area contributed by atoms with Crippen LogP contribution in [0.5, 0.6) is 0 Å². The molecule has 2 aromatic heterocycles. The zero-order chi connectivity index (χ0) is 11.0. The third-order valence-electron chi connectivity index (χ3n) is 2.41. The van der Waals surface area contributed by atoms with Crippen molar-refractivity contribution in [1.29, 1.82) is 0 Å². The van der Waals surface area contributed by atoms with E-state index in [0.29, 0.717) is 5.92 Å². The first-order valence-corrected chi connectivity index (χ1v) is 5.12. The van der Waals surface area contributed by atoms with Gasteiger partial charge in [0, 0.05) is 20.0 Å². The average Bonchev–Trinajstić information content (AvgIpc) is 2.60. The number of hydrogen-bond donors (Lipinski definition) is 0. The Kier molecular flexibility index (Phi) is 2.34. The first-order valence-electron chi connectivity index (χ1n) is 5.12. The van der Waals surface area contributed by atoms with Crippen molar-refractivity contribution in [1.82, 2.24) is 14.6 Å². The van der Waals surface area contributed by atoms with Crippen molar-refractivity contribution in [3.05, 3.63) is 24.0 Å². The summed E-state index contributed by atoms with van der Waals surface area (Å²) in [5.41, 5.74) is 0.907. The van der Waals surface area contributed by atoms with Gasteiger partial charge < -0.3 is 4.90 Å². The Bertz CT molecular complexity index is 470. The second-order valence-corrected chi connectivity index (χ2v) is 4.18. The smallest absolute Gasteiger partial charge is 0.162 e. The van der Waals surface area contributed by atoms with Crippen LogP contribution in [0.25, 0.3) is 5.65 Å². The fraction of sp³-hybridized carbons (Fsp3) is 0.455. The lowest BCUT2D eigenvalue weighted by molar-refractivity contribution is 0.756. The summed E-state index contributed by atoms with van der Waals surface area (Å²) in [7, 11) is 4.05. The van der Waals surface area contributed by atoms with Crippen molar-refractivity contribution in [2.75, 3.05) is 19.0 Å². The van der Waals surface area contributed by atoms with E-state index in [1.807, 2.05) is 26.2 Å². The van der Waals surface area contributed by atoms with E-state index >= 15 is 0 Å². The quantitative estimate of drug-likeness (QED) is 0.749. The minimum atomic E-state index is 0.376. The van der Waals surface area contributed by atoms with E-state index in [0.717, 1.165) is 17.3 Å². The zero-order valence-electron chi connectivity index (χ0n) is 9.60. The van der Waals surface area contributed by atoms with Gasteiger partial charge >= 0.3 is 0 Å². The molecule has 0 atom stereocenters. The number of fused-ring (bicyclic) bond motifs is 1. The maximum absolute atomic E-state index is 4.22. The Morgan fingerprint density at radius 2 is 1.93 bits per heavy atom. The number of anilines is 1. The first kappa shape index (κ1) is 9.96. The Labute approximate surface area is 89.5 Å². The van der Waals surface area contributed by atoms with Crippen molar-refractivity contribution in [2.45, 2.75) is 19.8 Å². The molecule has 0 amide bonds. The van der Waals surface area contributed by atoms with Gasteiger partial charge in [0.15, 0.2) is 5.65 Å². The van der Waals surface area contributed by atoms with Gasteiger partial charge in [0.1, 0.15) is 11.6 Å². The summed E-state index contributed by atoms with van der Waals surface area (Å²) in [5, 5.41) is 8.39. The maximum Gasteiger partial charge on any atom is 0.162 e. The number of pyridine rings is 1. The molecule has 2 heterocycles.